The van der Waals surface area contributed by atoms with E-state index in [0.29, 0.717) is 13.2 Å². The van der Waals surface area contributed by atoms with E-state index in [2.05, 4.69) is 41.1 Å². The molecule has 0 spiro atoms. The lowest BCUT2D eigenvalue weighted by molar-refractivity contribution is 0.0608. The van der Waals surface area contributed by atoms with Gasteiger partial charge in [0.2, 0.25) is 0 Å². The molecule has 1 saturated heterocycles. The van der Waals surface area contributed by atoms with Crippen molar-refractivity contribution in [3.05, 3.63) is 65.7 Å². The van der Waals surface area contributed by atoms with Gasteiger partial charge in [0.25, 0.3) is 0 Å². The maximum atomic E-state index is 10.3. The average molecular weight is 427 g/mol. The fourth-order valence-corrected chi connectivity index (χ4v) is 4.08. The van der Waals surface area contributed by atoms with E-state index in [9.17, 15) is 5.11 Å². The van der Waals surface area contributed by atoms with E-state index < -0.39 is 6.10 Å². The quantitative estimate of drug-likeness (QED) is 0.559. The first-order valence-electron chi connectivity index (χ1n) is 11.5. The van der Waals surface area contributed by atoms with Gasteiger partial charge in [-0.05, 0) is 69.1 Å². The summed E-state index contributed by atoms with van der Waals surface area (Å²) in [5.41, 5.74) is 2.52. The Morgan fingerprint density at radius 1 is 0.935 bits per heavy atom. The van der Waals surface area contributed by atoms with E-state index in [0.717, 1.165) is 44.5 Å². The number of aliphatic hydroxyl groups excluding tert-OH is 1. The average Bonchev–Trinajstić information content (AvgIpc) is 2.78. The summed E-state index contributed by atoms with van der Waals surface area (Å²) in [5.74, 6) is 1.61. The molecule has 0 aliphatic carbocycles. The highest BCUT2D eigenvalue weighted by atomic mass is 16.5. The van der Waals surface area contributed by atoms with Gasteiger partial charge in [0.05, 0.1) is 0 Å². The third kappa shape index (κ3) is 8.99. The first-order valence-corrected chi connectivity index (χ1v) is 11.5. The molecule has 31 heavy (non-hydrogen) atoms. The lowest BCUT2D eigenvalue weighted by Gasteiger charge is -2.25. The molecule has 2 aromatic carbocycles. The van der Waals surface area contributed by atoms with Gasteiger partial charge in [-0.2, -0.15) is 0 Å². The van der Waals surface area contributed by atoms with Crippen molar-refractivity contribution >= 4 is 0 Å². The number of ether oxygens (including phenoxy) is 2. The van der Waals surface area contributed by atoms with Crippen LogP contribution in [0.25, 0.3) is 0 Å². The largest absolute Gasteiger partial charge is 0.491 e. The number of hydrogen-bond donors (Lipinski definition) is 1. The van der Waals surface area contributed by atoms with Crippen LogP contribution in [0.3, 0.4) is 0 Å². The summed E-state index contributed by atoms with van der Waals surface area (Å²) in [6.07, 6.45) is 3.13. The van der Waals surface area contributed by atoms with Crippen LogP contribution < -0.4 is 4.74 Å². The second kappa shape index (κ2) is 12.8. The highest BCUT2D eigenvalue weighted by molar-refractivity contribution is 5.27. The van der Waals surface area contributed by atoms with Gasteiger partial charge in [-0.15, -0.1) is 0 Å². The molecule has 0 radical (unpaired) electrons. The second-order valence-corrected chi connectivity index (χ2v) is 8.87. The van der Waals surface area contributed by atoms with Crippen LogP contribution >= 0.6 is 0 Å². The standard InChI is InChI=1S/C26H38N2O3/c1-27(15-12-22-13-16-30-17-14-22)18-24-8-10-26(11-9-24)31-21-25(29)20-28(2)19-23-6-4-3-5-7-23/h3-11,22,25,29H,12-21H2,1-2H3/t25-/m0/s1. The zero-order chi connectivity index (χ0) is 21.9. The summed E-state index contributed by atoms with van der Waals surface area (Å²) in [4.78, 5) is 4.50. The molecular formula is C26H38N2O3. The van der Waals surface area contributed by atoms with Crippen LogP contribution in [0.15, 0.2) is 54.6 Å². The van der Waals surface area contributed by atoms with Crippen LogP contribution in [0.2, 0.25) is 0 Å². The summed E-state index contributed by atoms with van der Waals surface area (Å²) in [7, 11) is 4.20. The smallest absolute Gasteiger partial charge is 0.119 e. The van der Waals surface area contributed by atoms with Crippen molar-refractivity contribution in [3.8, 4) is 5.75 Å². The Balaban J connectivity index is 1.33. The lowest BCUT2D eigenvalue weighted by Crippen LogP contribution is -2.32. The summed E-state index contributed by atoms with van der Waals surface area (Å²) >= 11 is 0. The SMILES string of the molecule is CN(CCC1CCOCC1)Cc1ccc(OC[C@@H](O)CN(C)Cc2ccccc2)cc1. The topological polar surface area (TPSA) is 45.2 Å². The van der Waals surface area contributed by atoms with Gasteiger partial charge in [0.1, 0.15) is 18.5 Å². The molecule has 5 nitrogen and oxygen atoms in total. The number of hydrogen-bond acceptors (Lipinski definition) is 5. The molecule has 1 aliphatic rings. The molecule has 5 heteroatoms. The number of nitrogens with zero attached hydrogens (tertiary/aromatic N) is 2. The van der Waals surface area contributed by atoms with E-state index in [-0.39, 0.29) is 0 Å². The summed E-state index contributed by atoms with van der Waals surface area (Å²) in [6.45, 7) is 5.59. The third-order valence-electron chi connectivity index (χ3n) is 5.90. The van der Waals surface area contributed by atoms with Gasteiger partial charge in [0.15, 0.2) is 0 Å². The Hall–Kier alpha value is -1.92. The highest BCUT2D eigenvalue weighted by Gasteiger charge is 2.14. The molecule has 2 aromatic rings. The molecule has 0 saturated carbocycles. The summed E-state index contributed by atoms with van der Waals surface area (Å²) in [6, 6.07) is 18.5. The molecular weight excluding hydrogens is 388 g/mol. The molecule has 1 N–H and O–H groups in total. The minimum absolute atomic E-state index is 0.295. The predicted molar refractivity (Wildman–Crippen MR) is 125 cm³/mol. The zero-order valence-corrected chi connectivity index (χ0v) is 19.1. The van der Waals surface area contributed by atoms with Crippen LogP contribution in [-0.4, -0.2) is 68.0 Å². The predicted octanol–water partition coefficient (Wildman–Crippen LogP) is 3.81. The fourth-order valence-electron chi connectivity index (χ4n) is 4.08. The van der Waals surface area contributed by atoms with Crippen molar-refractivity contribution in [1.82, 2.24) is 9.80 Å². The van der Waals surface area contributed by atoms with E-state index >= 15 is 0 Å². The Labute approximate surface area is 187 Å². The van der Waals surface area contributed by atoms with E-state index in [1.165, 1.54) is 30.4 Å². The molecule has 1 aliphatic heterocycles. The zero-order valence-electron chi connectivity index (χ0n) is 19.1. The van der Waals surface area contributed by atoms with E-state index in [1.807, 2.05) is 37.4 Å². The van der Waals surface area contributed by atoms with Crippen LogP contribution in [0, 0.1) is 5.92 Å². The third-order valence-corrected chi connectivity index (χ3v) is 5.90. The van der Waals surface area contributed by atoms with Crippen LogP contribution in [0.5, 0.6) is 5.75 Å². The van der Waals surface area contributed by atoms with Gasteiger partial charge in [-0.25, -0.2) is 0 Å². The van der Waals surface area contributed by atoms with Crippen LogP contribution in [0.1, 0.15) is 30.4 Å². The van der Waals surface area contributed by atoms with Gasteiger partial charge in [0, 0.05) is 32.8 Å². The van der Waals surface area contributed by atoms with Gasteiger partial charge in [-0.3, -0.25) is 4.90 Å². The summed E-state index contributed by atoms with van der Waals surface area (Å²) in [5, 5.41) is 10.3. The first kappa shape index (κ1) is 23.7. The maximum absolute atomic E-state index is 10.3. The number of rotatable bonds is 12. The molecule has 1 fully saturated rings. The second-order valence-electron chi connectivity index (χ2n) is 8.87. The number of benzene rings is 2. The summed E-state index contributed by atoms with van der Waals surface area (Å²) < 4.78 is 11.3. The molecule has 1 heterocycles. The lowest BCUT2D eigenvalue weighted by atomic mass is 9.96. The first-order chi connectivity index (χ1) is 15.1. The maximum Gasteiger partial charge on any atom is 0.119 e. The molecule has 0 bridgehead atoms. The molecule has 0 amide bonds. The van der Waals surface area contributed by atoms with Crippen molar-refractivity contribution < 1.29 is 14.6 Å². The van der Waals surface area contributed by atoms with E-state index in [4.69, 9.17) is 9.47 Å². The van der Waals surface area contributed by atoms with Crippen LogP contribution in [-0.2, 0) is 17.8 Å². The Morgan fingerprint density at radius 2 is 1.58 bits per heavy atom. The van der Waals surface area contributed by atoms with Gasteiger partial charge < -0.3 is 19.5 Å². The van der Waals surface area contributed by atoms with E-state index in [1.54, 1.807) is 0 Å². The van der Waals surface area contributed by atoms with Crippen molar-refractivity contribution in [2.75, 3.05) is 47.0 Å². The molecule has 0 aromatic heterocycles. The highest BCUT2D eigenvalue weighted by Crippen LogP contribution is 2.19. The monoisotopic (exact) mass is 426 g/mol. The molecule has 1 atom stereocenters. The number of aliphatic hydroxyl groups is 1. The number of likely N-dealkylation sites (N-methyl/N-ethyl adjacent to an activating group) is 1. The van der Waals surface area contributed by atoms with Crippen molar-refractivity contribution in [2.24, 2.45) is 5.92 Å². The van der Waals surface area contributed by atoms with Crippen molar-refractivity contribution in [1.29, 1.82) is 0 Å². The van der Waals surface area contributed by atoms with Crippen molar-refractivity contribution in [2.45, 2.75) is 38.5 Å². The minimum atomic E-state index is -0.523. The normalized spacial score (nSPS) is 16.0. The van der Waals surface area contributed by atoms with Crippen LogP contribution in [0.4, 0.5) is 0 Å². The Bertz CT molecular complexity index is 732. The minimum Gasteiger partial charge on any atom is -0.491 e. The molecule has 170 valence electrons. The van der Waals surface area contributed by atoms with Gasteiger partial charge in [-0.1, -0.05) is 42.5 Å². The van der Waals surface area contributed by atoms with Crippen molar-refractivity contribution in [3.63, 3.8) is 0 Å². The Kier molecular flexibility index (Phi) is 9.82. The fraction of sp³-hybridized carbons (Fsp3) is 0.538. The van der Waals surface area contributed by atoms with Gasteiger partial charge >= 0.3 is 0 Å². The molecule has 3 rings (SSSR count). The molecule has 0 unspecified atom stereocenters. The Morgan fingerprint density at radius 3 is 2.29 bits per heavy atom.